The number of nitrogens with zero attached hydrogens (tertiary/aromatic N) is 4. The second-order valence-electron chi connectivity index (χ2n) is 6.74. The second kappa shape index (κ2) is 6.44. The molecule has 0 saturated heterocycles. The molecule has 26 heavy (non-hydrogen) atoms. The van der Waals surface area contributed by atoms with Crippen molar-refractivity contribution in [2.45, 2.75) is 46.6 Å². The van der Waals surface area contributed by atoms with Crippen LogP contribution < -0.4 is 0 Å². The lowest BCUT2D eigenvalue weighted by molar-refractivity contribution is 0.546. The van der Waals surface area contributed by atoms with Gasteiger partial charge in [-0.25, -0.2) is 15.0 Å². The quantitative estimate of drug-likeness (QED) is 0.564. The molecule has 6 nitrogen and oxygen atoms in total. The van der Waals surface area contributed by atoms with Crippen LogP contribution in [0, 0.1) is 13.8 Å². The normalized spacial score (nSPS) is 12.8. The summed E-state index contributed by atoms with van der Waals surface area (Å²) in [4.78, 5) is 21.0. The van der Waals surface area contributed by atoms with Crippen molar-refractivity contribution in [3.05, 3.63) is 53.5 Å². The largest absolute Gasteiger partial charge is 0.345 e. The highest BCUT2D eigenvalue weighted by molar-refractivity contribution is 5.76. The van der Waals surface area contributed by atoms with Crippen molar-refractivity contribution in [2.24, 2.45) is 0 Å². The number of nitrogens with one attached hydrogen (secondary N) is 2. The number of rotatable bonds is 5. The molecule has 3 aromatic heterocycles. The van der Waals surface area contributed by atoms with E-state index in [2.05, 4.69) is 58.5 Å². The molecule has 1 aromatic carbocycles. The topological polar surface area (TPSA) is 75.2 Å². The van der Waals surface area contributed by atoms with Gasteiger partial charge in [0.05, 0.1) is 17.1 Å². The number of aromatic amines is 2. The van der Waals surface area contributed by atoms with Gasteiger partial charge in [0, 0.05) is 24.5 Å². The van der Waals surface area contributed by atoms with Gasteiger partial charge in [0.1, 0.15) is 17.3 Å². The number of H-pyrrole nitrogens is 2. The fourth-order valence-corrected chi connectivity index (χ4v) is 3.48. The summed E-state index contributed by atoms with van der Waals surface area (Å²) in [6.07, 6.45) is 5.64. The lowest BCUT2D eigenvalue weighted by Gasteiger charge is -2.16. The number of aryl methyl sites for hydroxylation is 3. The summed E-state index contributed by atoms with van der Waals surface area (Å²) >= 11 is 0. The summed E-state index contributed by atoms with van der Waals surface area (Å²) in [6, 6.07) is 6.38. The lowest BCUT2D eigenvalue weighted by atomic mass is 10.2. The molecule has 1 atom stereocenters. The van der Waals surface area contributed by atoms with Crippen LogP contribution in [0.5, 0.6) is 0 Å². The molecule has 0 spiro atoms. The highest BCUT2D eigenvalue weighted by Crippen LogP contribution is 2.29. The Morgan fingerprint density at radius 2 is 1.96 bits per heavy atom. The van der Waals surface area contributed by atoms with Crippen molar-refractivity contribution in [1.29, 1.82) is 0 Å². The fourth-order valence-electron chi connectivity index (χ4n) is 3.48. The van der Waals surface area contributed by atoms with Crippen molar-refractivity contribution in [1.82, 2.24) is 29.5 Å². The van der Waals surface area contributed by atoms with E-state index in [0.717, 1.165) is 52.7 Å². The van der Waals surface area contributed by atoms with Gasteiger partial charge in [-0.15, -0.1) is 0 Å². The molecular formula is C20H24N6. The van der Waals surface area contributed by atoms with E-state index in [1.807, 2.05) is 19.3 Å². The number of hydrogen-bond acceptors (Lipinski definition) is 3. The van der Waals surface area contributed by atoms with Crippen LogP contribution in [0.1, 0.15) is 49.2 Å². The van der Waals surface area contributed by atoms with Crippen molar-refractivity contribution in [2.75, 3.05) is 0 Å². The van der Waals surface area contributed by atoms with Crippen LogP contribution in [0.3, 0.4) is 0 Å². The summed E-state index contributed by atoms with van der Waals surface area (Å²) in [6.45, 7) is 8.41. The van der Waals surface area contributed by atoms with E-state index in [0.29, 0.717) is 0 Å². The molecule has 0 bridgehead atoms. The average molecular weight is 348 g/mol. The van der Waals surface area contributed by atoms with Gasteiger partial charge < -0.3 is 14.5 Å². The minimum atomic E-state index is 0.0846. The minimum Gasteiger partial charge on any atom is -0.345 e. The van der Waals surface area contributed by atoms with Gasteiger partial charge >= 0.3 is 0 Å². The molecule has 3 heterocycles. The average Bonchev–Trinajstić information content (AvgIpc) is 3.33. The zero-order valence-electron chi connectivity index (χ0n) is 15.7. The highest BCUT2D eigenvalue weighted by Gasteiger charge is 2.22. The SMILES string of the molecule is CCc1nc(-c2nccn2C(CC)c2nc3ccc(C)cc3[nH]2)c(C)[nH]1. The Kier molecular flexibility index (Phi) is 4.11. The third-order valence-corrected chi connectivity index (χ3v) is 4.84. The number of fused-ring (bicyclic) bond motifs is 1. The molecule has 4 aromatic rings. The molecule has 0 aliphatic heterocycles. The van der Waals surface area contributed by atoms with E-state index in [-0.39, 0.29) is 6.04 Å². The monoisotopic (exact) mass is 348 g/mol. The molecule has 6 heteroatoms. The summed E-state index contributed by atoms with van der Waals surface area (Å²) in [7, 11) is 0. The lowest BCUT2D eigenvalue weighted by Crippen LogP contribution is -2.12. The van der Waals surface area contributed by atoms with Gasteiger partial charge in [0.2, 0.25) is 0 Å². The van der Waals surface area contributed by atoms with E-state index in [1.54, 1.807) is 0 Å². The van der Waals surface area contributed by atoms with Gasteiger partial charge in [-0.2, -0.15) is 0 Å². The maximum absolute atomic E-state index is 4.83. The molecule has 0 radical (unpaired) electrons. The summed E-state index contributed by atoms with van der Waals surface area (Å²) in [5.41, 5.74) is 5.25. The van der Waals surface area contributed by atoms with E-state index in [1.165, 1.54) is 5.56 Å². The molecular weight excluding hydrogens is 324 g/mol. The number of benzene rings is 1. The Labute approximate surface area is 152 Å². The first-order valence-corrected chi connectivity index (χ1v) is 9.15. The Balaban J connectivity index is 1.80. The molecule has 134 valence electrons. The smallest absolute Gasteiger partial charge is 0.161 e. The predicted octanol–water partition coefficient (Wildman–Crippen LogP) is 4.33. The zero-order chi connectivity index (χ0) is 18.3. The van der Waals surface area contributed by atoms with Gasteiger partial charge in [0.15, 0.2) is 5.82 Å². The third-order valence-electron chi connectivity index (χ3n) is 4.84. The Morgan fingerprint density at radius 1 is 1.12 bits per heavy atom. The van der Waals surface area contributed by atoms with Crippen LogP contribution in [-0.4, -0.2) is 29.5 Å². The maximum Gasteiger partial charge on any atom is 0.161 e. The highest BCUT2D eigenvalue weighted by atomic mass is 15.1. The van der Waals surface area contributed by atoms with Crippen LogP contribution in [0.4, 0.5) is 0 Å². The van der Waals surface area contributed by atoms with Crippen LogP contribution >= 0.6 is 0 Å². The molecule has 0 amide bonds. The zero-order valence-corrected chi connectivity index (χ0v) is 15.7. The molecule has 4 rings (SSSR count). The van der Waals surface area contributed by atoms with E-state index in [9.17, 15) is 0 Å². The standard InChI is InChI=1S/C20H24N6/c1-5-16(19-23-14-8-7-12(3)11-15(14)24-19)26-10-9-21-20(26)18-13(4)22-17(6-2)25-18/h7-11,16H,5-6H2,1-4H3,(H,22,25)(H,23,24). The molecule has 1 unspecified atom stereocenters. The van der Waals surface area contributed by atoms with Gasteiger partial charge in [-0.3, -0.25) is 0 Å². The van der Waals surface area contributed by atoms with E-state index in [4.69, 9.17) is 9.97 Å². The second-order valence-corrected chi connectivity index (χ2v) is 6.74. The van der Waals surface area contributed by atoms with E-state index >= 15 is 0 Å². The number of imidazole rings is 3. The van der Waals surface area contributed by atoms with Crippen LogP contribution in [0.2, 0.25) is 0 Å². The van der Waals surface area contributed by atoms with Crippen LogP contribution in [0.25, 0.3) is 22.6 Å². The van der Waals surface area contributed by atoms with E-state index < -0.39 is 0 Å². The van der Waals surface area contributed by atoms with Gasteiger partial charge in [0.25, 0.3) is 0 Å². The molecule has 0 aliphatic carbocycles. The van der Waals surface area contributed by atoms with Crippen molar-refractivity contribution in [3.8, 4) is 11.5 Å². The maximum atomic E-state index is 4.83. The minimum absolute atomic E-state index is 0.0846. The number of aromatic nitrogens is 6. The Hall–Kier alpha value is -2.89. The summed E-state index contributed by atoms with van der Waals surface area (Å²) in [5, 5.41) is 0. The van der Waals surface area contributed by atoms with Gasteiger partial charge in [-0.1, -0.05) is 19.9 Å². The fraction of sp³-hybridized carbons (Fsp3) is 0.350. The Morgan fingerprint density at radius 3 is 2.69 bits per heavy atom. The van der Waals surface area contributed by atoms with Crippen molar-refractivity contribution >= 4 is 11.0 Å². The van der Waals surface area contributed by atoms with Crippen molar-refractivity contribution in [3.63, 3.8) is 0 Å². The summed E-state index contributed by atoms with van der Waals surface area (Å²) in [5.74, 6) is 2.82. The molecule has 0 aliphatic rings. The summed E-state index contributed by atoms with van der Waals surface area (Å²) < 4.78 is 2.17. The number of hydrogen-bond donors (Lipinski definition) is 2. The molecule has 2 N–H and O–H groups in total. The van der Waals surface area contributed by atoms with Crippen LogP contribution in [0.15, 0.2) is 30.6 Å². The first kappa shape index (κ1) is 16.6. The third kappa shape index (κ3) is 2.71. The van der Waals surface area contributed by atoms with Gasteiger partial charge in [-0.05, 0) is 38.0 Å². The van der Waals surface area contributed by atoms with Crippen molar-refractivity contribution < 1.29 is 0 Å². The first-order chi connectivity index (χ1) is 12.6. The molecule has 0 saturated carbocycles. The molecule has 0 fully saturated rings. The first-order valence-electron chi connectivity index (χ1n) is 9.15. The Bertz CT molecular complexity index is 1050. The van der Waals surface area contributed by atoms with Crippen LogP contribution in [-0.2, 0) is 6.42 Å². The predicted molar refractivity (Wildman–Crippen MR) is 103 cm³/mol.